The van der Waals surface area contributed by atoms with E-state index in [1.807, 2.05) is 19.2 Å². The third-order valence-electron chi connectivity index (χ3n) is 3.07. The third kappa shape index (κ3) is 5.90. The molecule has 0 aliphatic carbocycles. The second-order valence-electron chi connectivity index (χ2n) is 5.07. The van der Waals surface area contributed by atoms with Crippen molar-refractivity contribution >= 4 is 17.3 Å². The second-order valence-corrected chi connectivity index (χ2v) is 5.85. The molecule has 1 unspecified atom stereocenters. The molecule has 1 aromatic heterocycles. The van der Waals surface area contributed by atoms with Gasteiger partial charge < -0.3 is 15.4 Å². The summed E-state index contributed by atoms with van der Waals surface area (Å²) < 4.78 is 19.2. The van der Waals surface area contributed by atoms with Crippen molar-refractivity contribution in [3.05, 3.63) is 52.5 Å². The maximum Gasteiger partial charge on any atom is 0.191 e. The van der Waals surface area contributed by atoms with Gasteiger partial charge in [0.25, 0.3) is 0 Å². The number of nitrogens with zero attached hydrogens (tertiary/aromatic N) is 1. The molecule has 2 aromatic rings. The van der Waals surface area contributed by atoms with Crippen molar-refractivity contribution in [1.82, 2.24) is 10.6 Å². The average molecular weight is 335 g/mol. The molecule has 1 heterocycles. The molecule has 124 valence electrons. The van der Waals surface area contributed by atoms with E-state index in [9.17, 15) is 4.39 Å². The summed E-state index contributed by atoms with van der Waals surface area (Å²) in [5.74, 6) is 0.641. The van der Waals surface area contributed by atoms with Crippen molar-refractivity contribution in [2.24, 2.45) is 4.99 Å². The van der Waals surface area contributed by atoms with Gasteiger partial charge in [-0.25, -0.2) is 9.38 Å². The summed E-state index contributed by atoms with van der Waals surface area (Å²) in [5, 5.41) is 10.5. The molecule has 0 spiro atoms. The van der Waals surface area contributed by atoms with Crippen LogP contribution in [0.3, 0.4) is 0 Å². The van der Waals surface area contributed by atoms with E-state index in [0.29, 0.717) is 13.1 Å². The van der Waals surface area contributed by atoms with Crippen LogP contribution in [0.25, 0.3) is 0 Å². The Morgan fingerprint density at radius 2 is 2.13 bits per heavy atom. The van der Waals surface area contributed by atoms with Crippen LogP contribution in [-0.2, 0) is 6.54 Å². The molecule has 2 rings (SSSR count). The molecule has 2 N–H and O–H groups in total. The van der Waals surface area contributed by atoms with Crippen LogP contribution in [0.15, 0.2) is 46.1 Å². The van der Waals surface area contributed by atoms with E-state index >= 15 is 0 Å². The lowest BCUT2D eigenvalue weighted by Crippen LogP contribution is -2.41. The van der Waals surface area contributed by atoms with E-state index in [4.69, 9.17) is 4.74 Å². The highest BCUT2D eigenvalue weighted by Gasteiger charge is 2.08. The van der Waals surface area contributed by atoms with Crippen molar-refractivity contribution in [3.63, 3.8) is 0 Å². The predicted octanol–water partition coefficient (Wildman–Crippen LogP) is 3.41. The summed E-state index contributed by atoms with van der Waals surface area (Å²) in [6.45, 7) is 5.84. The van der Waals surface area contributed by atoms with Gasteiger partial charge in [0.05, 0.1) is 13.1 Å². The van der Waals surface area contributed by atoms with Gasteiger partial charge in [-0.05, 0) is 48.4 Å². The fraction of sp³-hybridized carbons (Fsp3) is 0.353. The standard InChI is InChI=1S/C17H22FN3OS/c1-3-19-17(21-11-14-8-9-23-12-14)20-10-13(2)22-16-7-5-4-6-15(16)18/h4-9,12-13H,3,10-11H2,1-2H3,(H2,19,20,21). The first-order valence-electron chi connectivity index (χ1n) is 7.63. The first-order chi connectivity index (χ1) is 11.2. The Kier molecular flexibility index (Phi) is 6.87. The molecule has 0 amide bonds. The van der Waals surface area contributed by atoms with Crippen LogP contribution in [-0.4, -0.2) is 25.2 Å². The van der Waals surface area contributed by atoms with E-state index in [-0.39, 0.29) is 17.7 Å². The van der Waals surface area contributed by atoms with Gasteiger partial charge in [0.15, 0.2) is 17.5 Å². The zero-order chi connectivity index (χ0) is 16.5. The molecule has 4 nitrogen and oxygen atoms in total. The summed E-state index contributed by atoms with van der Waals surface area (Å²) in [6.07, 6.45) is -0.183. The van der Waals surface area contributed by atoms with Gasteiger partial charge in [0.1, 0.15) is 6.10 Å². The van der Waals surface area contributed by atoms with Crippen molar-refractivity contribution in [3.8, 4) is 5.75 Å². The van der Waals surface area contributed by atoms with Crippen LogP contribution >= 0.6 is 11.3 Å². The molecule has 0 fully saturated rings. The van der Waals surface area contributed by atoms with Gasteiger partial charge in [-0.1, -0.05) is 12.1 Å². The van der Waals surface area contributed by atoms with E-state index in [1.165, 1.54) is 11.6 Å². The van der Waals surface area contributed by atoms with Gasteiger partial charge in [0.2, 0.25) is 0 Å². The summed E-state index contributed by atoms with van der Waals surface area (Å²) in [4.78, 5) is 4.52. The van der Waals surface area contributed by atoms with Crippen molar-refractivity contribution in [2.75, 3.05) is 13.1 Å². The summed E-state index contributed by atoms with van der Waals surface area (Å²) in [5.41, 5.74) is 1.18. The molecule has 0 aliphatic rings. The number of para-hydroxylation sites is 1. The van der Waals surface area contributed by atoms with Crippen molar-refractivity contribution < 1.29 is 9.13 Å². The molecule has 6 heteroatoms. The SMILES string of the molecule is CCNC(=NCc1ccsc1)NCC(C)Oc1ccccc1F. The summed E-state index contributed by atoms with van der Waals surface area (Å²) >= 11 is 1.66. The fourth-order valence-corrected chi connectivity index (χ4v) is 2.59. The minimum absolute atomic E-state index is 0.183. The fourth-order valence-electron chi connectivity index (χ4n) is 1.93. The maximum atomic E-state index is 13.6. The van der Waals surface area contributed by atoms with Crippen LogP contribution in [0.4, 0.5) is 4.39 Å². The highest BCUT2D eigenvalue weighted by Crippen LogP contribution is 2.16. The topological polar surface area (TPSA) is 45.7 Å². The number of hydrogen-bond acceptors (Lipinski definition) is 3. The lowest BCUT2D eigenvalue weighted by atomic mass is 10.3. The molecule has 0 bridgehead atoms. The van der Waals surface area contributed by atoms with Crippen LogP contribution in [0.1, 0.15) is 19.4 Å². The van der Waals surface area contributed by atoms with Gasteiger partial charge in [-0.3, -0.25) is 0 Å². The number of benzene rings is 1. The van der Waals surface area contributed by atoms with Gasteiger partial charge in [0, 0.05) is 6.54 Å². The summed E-state index contributed by atoms with van der Waals surface area (Å²) in [6, 6.07) is 8.47. The molecular weight excluding hydrogens is 313 g/mol. The Labute approximate surface area is 140 Å². The van der Waals surface area contributed by atoms with Crippen molar-refractivity contribution in [2.45, 2.75) is 26.5 Å². The van der Waals surface area contributed by atoms with Crippen molar-refractivity contribution in [1.29, 1.82) is 0 Å². The number of hydrogen-bond donors (Lipinski definition) is 2. The predicted molar refractivity (Wildman–Crippen MR) is 93.6 cm³/mol. The Morgan fingerprint density at radius 1 is 1.30 bits per heavy atom. The van der Waals surface area contributed by atoms with E-state index in [0.717, 1.165) is 12.5 Å². The quantitative estimate of drug-likeness (QED) is 0.602. The smallest absolute Gasteiger partial charge is 0.191 e. The van der Waals surface area contributed by atoms with E-state index < -0.39 is 0 Å². The Balaban J connectivity index is 1.85. The first-order valence-corrected chi connectivity index (χ1v) is 8.57. The number of aliphatic imine (C=N–C) groups is 1. The third-order valence-corrected chi connectivity index (χ3v) is 3.80. The number of thiophene rings is 1. The number of halogens is 1. The summed E-state index contributed by atoms with van der Waals surface area (Å²) in [7, 11) is 0. The molecular formula is C17H22FN3OS. The molecule has 1 aromatic carbocycles. The normalized spacial score (nSPS) is 12.7. The number of rotatable bonds is 7. The molecule has 23 heavy (non-hydrogen) atoms. The Bertz CT molecular complexity index is 616. The number of ether oxygens (including phenoxy) is 1. The minimum Gasteiger partial charge on any atom is -0.486 e. The molecule has 1 atom stereocenters. The maximum absolute atomic E-state index is 13.6. The highest BCUT2D eigenvalue weighted by atomic mass is 32.1. The van der Waals surface area contributed by atoms with Crippen LogP contribution in [0.5, 0.6) is 5.75 Å². The van der Waals surface area contributed by atoms with Crippen LogP contribution < -0.4 is 15.4 Å². The molecule has 0 aliphatic heterocycles. The lowest BCUT2D eigenvalue weighted by Gasteiger charge is -2.18. The van der Waals surface area contributed by atoms with Gasteiger partial charge in [-0.2, -0.15) is 11.3 Å². The Morgan fingerprint density at radius 3 is 2.83 bits per heavy atom. The monoisotopic (exact) mass is 335 g/mol. The van der Waals surface area contributed by atoms with E-state index in [1.54, 1.807) is 29.5 Å². The van der Waals surface area contributed by atoms with Gasteiger partial charge in [-0.15, -0.1) is 0 Å². The second kappa shape index (κ2) is 9.15. The van der Waals surface area contributed by atoms with E-state index in [2.05, 4.69) is 27.1 Å². The zero-order valence-electron chi connectivity index (χ0n) is 13.4. The molecule has 0 radical (unpaired) electrons. The average Bonchev–Trinajstić information content (AvgIpc) is 3.06. The van der Waals surface area contributed by atoms with Crippen LogP contribution in [0, 0.1) is 5.82 Å². The highest BCUT2D eigenvalue weighted by molar-refractivity contribution is 7.07. The molecule has 0 saturated heterocycles. The van der Waals surface area contributed by atoms with Crippen LogP contribution in [0.2, 0.25) is 0 Å². The number of nitrogens with one attached hydrogen (secondary N) is 2. The lowest BCUT2D eigenvalue weighted by molar-refractivity contribution is 0.214. The largest absolute Gasteiger partial charge is 0.486 e. The number of guanidine groups is 1. The first kappa shape index (κ1) is 17.3. The van der Waals surface area contributed by atoms with Gasteiger partial charge >= 0.3 is 0 Å². The minimum atomic E-state index is -0.350. The Hall–Kier alpha value is -2.08. The molecule has 0 saturated carbocycles. The zero-order valence-corrected chi connectivity index (χ0v) is 14.2.